The van der Waals surface area contributed by atoms with Crippen molar-refractivity contribution in [1.82, 2.24) is 0 Å². The number of nitrogens with zero attached hydrogens (tertiary/aromatic N) is 1. The van der Waals surface area contributed by atoms with Crippen molar-refractivity contribution in [2.24, 2.45) is 5.92 Å². The summed E-state index contributed by atoms with van der Waals surface area (Å²) in [5.74, 6) is -1.05. The molecule has 21 heavy (non-hydrogen) atoms. The Morgan fingerprint density at radius 2 is 2.14 bits per heavy atom. The van der Waals surface area contributed by atoms with Crippen LogP contribution in [-0.2, 0) is 6.18 Å². The summed E-state index contributed by atoms with van der Waals surface area (Å²) in [6, 6.07) is 3.47. The van der Waals surface area contributed by atoms with Gasteiger partial charge in [-0.2, -0.15) is 13.2 Å². The molecule has 1 saturated heterocycles. The zero-order valence-corrected chi connectivity index (χ0v) is 11.8. The number of alkyl halides is 3. The zero-order valence-electron chi connectivity index (χ0n) is 11.8. The van der Waals surface area contributed by atoms with Gasteiger partial charge in [0.2, 0.25) is 0 Å². The van der Waals surface area contributed by atoms with Crippen molar-refractivity contribution >= 4 is 11.7 Å². The fourth-order valence-corrected chi connectivity index (χ4v) is 2.86. The summed E-state index contributed by atoms with van der Waals surface area (Å²) in [5, 5.41) is 8.88. The summed E-state index contributed by atoms with van der Waals surface area (Å²) in [6.07, 6.45) is -1.57. The molecule has 1 aromatic rings. The molecule has 1 aromatic carbocycles. The fraction of sp³-hybridized carbons (Fsp3) is 0.533. The molecule has 1 heterocycles. The molecule has 6 heteroatoms. The van der Waals surface area contributed by atoms with Crippen LogP contribution < -0.4 is 4.90 Å². The largest absolute Gasteiger partial charge is 0.478 e. The number of carbonyl (C=O) groups is 1. The van der Waals surface area contributed by atoms with E-state index in [-0.39, 0.29) is 0 Å². The molecule has 1 atom stereocenters. The van der Waals surface area contributed by atoms with Crippen LogP contribution in [0.15, 0.2) is 18.2 Å². The van der Waals surface area contributed by atoms with Crippen LogP contribution in [0.4, 0.5) is 18.9 Å². The number of carboxylic acids is 1. The Hall–Kier alpha value is -1.72. The molecule has 0 aromatic heterocycles. The molecule has 0 spiro atoms. The van der Waals surface area contributed by atoms with Crippen LogP contribution >= 0.6 is 0 Å². The molecule has 0 saturated carbocycles. The van der Waals surface area contributed by atoms with E-state index < -0.39 is 23.3 Å². The van der Waals surface area contributed by atoms with Crippen molar-refractivity contribution in [3.63, 3.8) is 0 Å². The number of halogens is 3. The van der Waals surface area contributed by atoms with Crippen molar-refractivity contribution in [3.8, 4) is 0 Å². The molecule has 1 unspecified atom stereocenters. The number of carboxylic acid groups (broad SMARTS) is 1. The highest BCUT2D eigenvalue weighted by Gasteiger charge is 2.36. The van der Waals surface area contributed by atoms with Gasteiger partial charge in [-0.05, 0) is 37.0 Å². The average molecular weight is 301 g/mol. The van der Waals surface area contributed by atoms with Crippen LogP contribution in [0.1, 0.15) is 42.1 Å². The van der Waals surface area contributed by atoms with E-state index >= 15 is 0 Å². The topological polar surface area (TPSA) is 40.5 Å². The molecule has 2 rings (SSSR count). The molecule has 1 fully saturated rings. The first-order valence-electron chi connectivity index (χ1n) is 7.02. The number of rotatable bonds is 4. The minimum atomic E-state index is -4.66. The third kappa shape index (κ3) is 3.49. The quantitative estimate of drug-likeness (QED) is 0.912. The number of hydrogen-bond acceptors (Lipinski definition) is 2. The number of aromatic carboxylic acids is 1. The first-order chi connectivity index (χ1) is 9.82. The van der Waals surface area contributed by atoms with Crippen LogP contribution in [0.5, 0.6) is 0 Å². The molecule has 0 aliphatic carbocycles. The minimum absolute atomic E-state index is 0.450. The third-order valence-corrected chi connectivity index (χ3v) is 3.89. The number of anilines is 1. The van der Waals surface area contributed by atoms with Crippen LogP contribution in [0.2, 0.25) is 0 Å². The molecule has 0 amide bonds. The lowest BCUT2D eigenvalue weighted by atomic mass is 10.0. The number of benzene rings is 1. The Morgan fingerprint density at radius 3 is 2.71 bits per heavy atom. The second-order valence-electron chi connectivity index (χ2n) is 5.42. The standard InChI is InChI=1S/C15H18F3NO2/c1-2-3-10-6-7-19(9-10)11-4-5-12(14(20)21)13(8-11)15(16,17)18/h4-5,8,10H,2-3,6-7,9H2,1H3,(H,20,21). The Balaban J connectivity index is 2.29. The van der Waals surface area contributed by atoms with Crippen molar-refractivity contribution in [1.29, 1.82) is 0 Å². The van der Waals surface area contributed by atoms with Crippen molar-refractivity contribution < 1.29 is 23.1 Å². The summed E-state index contributed by atoms with van der Waals surface area (Å²) in [5.41, 5.74) is -1.33. The lowest BCUT2D eigenvalue weighted by molar-refractivity contribution is -0.138. The van der Waals surface area contributed by atoms with E-state index in [0.29, 0.717) is 18.2 Å². The molecular formula is C15H18F3NO2. The zero-order chi connectivity index (χ0) is 15.6. The summed E-state index contributed by atoms with van der Waals surface area (Å²) in [6.45, 7) is 3.54. The predicted octanol–water partition coefficient (Wildman–Crippen LogP) is 4.03. The van der Waals surface area contributed by atoms with Gasteiger partial charge in [0.05, 0.1) is 11.1 Å². The first kappa shape index (κ1) is 15.7. The summed E-state index contributed by atoms with van der Waals surface area (Å²) >= 11 is 0. The maximum Gasteiger partial charge on any atom is 0.417 e. The molecular weight excluding hydrogens is 283 g/mol. The average Bonchev–Trinajstić information content (AvgIpc) is 2.86. The van der Waals surface area contributed by atoms with Gasteiger partial charge in [-0.1, -0.05) is 13.3 Å². The second-order valence-corrected chi connectivity index (χ2v) is 5.42. The smallest absolute Gasteiger partial charge is 0.417 e. The van der Waals surface area contributed by atoms with Gasteiger partial charge in [0.15, 0.2) is 0 Å². The summed E-state index contributed by atoms with van der Waals surface area (Å²) in [4.78, 5) is 12.8. The van der Waals surface area contributed by atoms with Gasteiger partial charge in [-0.15, -0.1) is 0 Å². The predicted molar refractivity (Wildman–Crippen MR) is 73.6 cm³/mol. The summed E-state index contributed by atoms with van der Waals surface area (Å²) in [7, 11) is 0. The van der Waals surface area contributed by atoms with Gasteiger partial charge >= 0.3 is 12.1 Å². The van der Waals surface area contributed by atoms with Gasteiger partial charge in [0, 0.05) is 18.8 Å². The monoisotopic (exact) mass is 301 g/mol. The Bertz CT molecular complexity index is 528. The van der Waals surface area contributed by atoms with Crippen LogP contribution in [0.25, 0.3) is 0 Å². The molecule has 1 aliphatic rings. The molecule has 1 N–H and O–H groups in total. The Morgan fingerprint density at radius 1 is 1.43 bits per heavy atom. The highest BCUT2D eigenvalue weighted by atomic mass is 19.4. The maximum absolute atomic E-state index is 13.0. The molecule has 1 aliphatic heterocycles. The lowest BCUT2D eigenvalue weighted by Crippen LogP contribution is -2.21. The minimum Gasteiger partial charge on any atom is -0.478 e. The van der Waals surface area contributed by atoms with Gasteiger partial charge in [-0.3, -0.25) is 0 Å². The van der Waals surface area contributed by atoms with Gasteiger partial charge in [-0.25, -0.2) is 4.79 Å². The SMILES string of the molecule is CCCC1CCN(c2ccc(C(=O)O)c(C(F)(F)F)c2)C1. The normalized spacial score (nSPS) is 19.0. The van der Waals surface area contributed by atoms with Gasteiger partial charge < -0.3 is 10.0 Å². The molecule has 116 valence electrons. The summed E-state index contributed by atoms with van der Waals surface area (Å²) < 4.78 is 39.0. The van der Waals surface area contributed by atoms with Gasteiger partial charge in [0.25, 0.3) is 0 Å². The van der Waals surface area contributed by atoms with E-state index in [1.54, 1.807) is 0 Å². The second kappa shape index (κ2) is 5.95. The van der Waals surface area contributed by atoms with E-state index in [4.69, 9.17) is 5.11 Å². The Labute approximate surface area is 121 Å². The van der Waals surface area contributed by atoms with E-state index in [2.05, 4.69) is 6.92 Å². The molecule has 0 bridgehead atoms. The van der Waals surface area contributed by atoms with Crippen molar-refractivity contribution in [2.75, 3.05) is 18.0 Å². The van der Waals surface area contributed by atoms with E-state index in [1.807, 2.05) is 4.90 Å². The third-order valence-electron chi connectivity index (χ3n) is 3.89. The lowest BCUT2D eigenvalue weighted by Gasteiger charge is -2.21. The highest BCUT2D eigenvalue weighted by molar-refractivity contribution is 5.90. The Kier molecular flexibility index (Phi) is 4.44. The number of hydrogen-bond donors (Lipinski definition) is 1. The van der Waals surface area contributed by atoms with Crippen molar-refractivity contribution in [2.45, 2.75) is 32.4 Å². The van der Waals surface area contributed by atoms with Gasteiger partial charge in [0.1, 0.15) is 0 Å². The van der Waals surface area contributed by atoms with Crippen LogP contribution in [0, 0.1) is 5.92 Å². The molecule has 0 radical (unpaired) electrons. The van der Waals surface area contributed by atoms with Crippen LogP contribution in [-0.4, -0.2) is 24.2 Å². The molecule has 3 nitrogen and oxygen atoms in total. The van der Waals surface area contributed by atoms with Crippen LogP contribution in [0.3, 0.4) is 0 Å². The van der Waals surface area contributed by atoms with E-state index in [1.165, 1.54) is 6.07 Å². The van der Waals surface area contributed by atoms with E-state index in [0.717, 1.165) is 37.9 Å². The maximum atomic E-state index is 13.0. The van der Waals surface area contributed by atoms with E-state index in [9.17, 15) is 18.0 Å². The van der Waals surface area contributed by atoms with Crippen molar-refractivity contribution in [3.05, 3.63) is 29.3 Å². The highest BCUT2D eigenvalue weighted by Crippen LogP contribution is 2.36. The first-order valence-corrected chi connectivity index (χ1v) is 7.02. The fourth-order valence-electron chi connectivity index (χ4n) is 2.86.